The average Bonchev–Trinajstić information content (AvgIpc) is 3.35. The summed E-state index contributed by atoms with van der Waals surface area (Å²) in [6, 6.07) is 10.9. The van der Waals surface area contributed by atoms with Gasteiger partial charge in [0.1, 0.15) is 6.61 Å². The number of aromatic nitrogens is 2. The van der Waals surface area contributed by atoms with Gasteiger partial charge in [-0.3, -0.25) is 9.59 Å². The highest BCUT2D eigenvalue weighted by molar-refractivity contribution is 5.94. The van der Waals surface area contributed by atoms with Crippen LogP contribution < -0.4 is 15.4 Å². The third-order valence-electron chi connectivity index (χ3n) is 5.71. The van der Waals surface area contributed by atoms with Crippen LogP contribution >= 0.6 is 0 Å². The zero-order valence-corrected chi connectivity index (χ0v) is 20.2. The van der Waals surface area contributed by atoms with Crippen molar-refractivity contribution in [3.05, 3.63) is 59.7 Å². The van der Waals surface area contributed by atoms with Gasteiger partial charge in [0.05, 0.1) is 18.0 Å². The van der Waals surface area contributed by atoms with Crippen LogP contribution in [0.2, 0.25) is 0 Å². The minimum atomic E-state index is -4.44. The molecule has 9 nitrogen and oxygen atoms in total. The normalized spacial score (nSPS) is 13.0. The number of carbonyl (C=O) groups excluding carboxylic acids is 1. The molecule has 37 heavy (non-hydrogen) atoms. The Balaban J connectivity index is 1.59. The molecule has 198 valence electrons. The van der Waals surface area contributed by atoms with E-state index < -0.39 is 17.7 Å². The number of anilines is 1. The first-order valence-corrected chi connectivity index (χ1v) is 11.6. The molecule has 0 saturated heterocycles. The fraction of sp³-hybridized carbons (Fsp3) is 0.360. The molecule has 0 saturated carbocycles. The van der Waals surface area contributed by atoms with Gasteiger partial charge in [0.25, 0.3) is 11.8 Å². The minimum Gasteiger partial charge on any atom is -0.481 e. The lowest BCUT2D eigenvalue weighted by Crippen LogP contribution is -2.33. The Kier molecular flexibility index (Phi) is 9.10. The van der Waals surface area contributed by atoms with E-state index in [1.165, 1.54) is 12.1 Å². The SMILES string of the molecule is CC[C@H](C)[C@@H](COc1nnc(-c2ccc(C(F)(F)F)cc2)o1)Nc1ccc(C(=O)NCCC(=O)O)cc1. The van der Waals surface area contributed by atoms with E-state index in [1.807, 2.05) is 13.8 Å². The minimum absolute atomic E-state index is 0.0361. The number of rotatable bonds is 12. The first-order chi connectivity index (χ1) is 17.6. The lowest BCUT2D eigenvalue weighted by atomic mass is 9.99. The maximum absolute atomic E-state index is 12.8. The summed E-state index contributed by atoms with van der Waals surface area (Å²) in [5.41, 5.74) is 0.696. The molecule has 2 aromatic carbocycles. The summed E-state index contributed by atoms with van der Waals surface area (Å²) in [4.78, 5) is 22.7. The van der Waals surface area contributed by atoms with Gasteiger partial charge in [-0.05, 0) is 54.4 Å². The van der Waals surface area contributed by atoms with Crippen LogP contribution in [0.4, 0.5) is 18.9 Å². The number of benzene rings is 2. The molecule has 3 aromatic rings. The lowest BCUT2D eigenvalue weighted by Gasteiger charge is -2.24. The Morgan fingerprint density at radius 3 is 2.35 bits per heavy atom. The van der Waals surface area contributed by atoms with Crippen LogP contribution in [0.3, 0.4) is 0 Å². The van der Waals surface area contributed by atoms with Crippen molar-refractivity contribution in [1.29, 1.82) is 0 Å². The van der Waals surface area contributed by atoms with Gasteiger partial charge in [0.15, 0.2) is 0 Å². The first kappa shape index (κ1) is 27.5. The number of ether oxygens (including phenoxy) is 1. The highest BCUT2D eigenvalue weighted by atomic mass is 19.4. The van der Waals surface area contributed by atoms with E-state index in [-0.39, 0.29) is 49.4 Å². The number of carboxylic acids is 1. The van der Waals surface area contributed by atoms with Crippen LogP contribution in [-0.2, 0) is 11.0 Å². The molecule has 0 aliphatic heterocycles. The average molecular weight is 521 g/mol. The molecule has 1 amide bonds. The second kappa shape index (κ2) is 12.2. The van der Waals surface area contributed by atoms with E-state index in [4.69, 9.17) is 14.3 Å². The Morgan fingerprint density at radius 2 is 1.76 bits per heavy atom. The van der Waals surface area contributed by atoms with E-state index in [2.05, 4.69) is 20.8 Å². The second-order valence-corrected chi connectivity index (χ2v) is 8.37. The quantitative estimate of drug-likeness (QED) is 0.309. The van der Waals surface area contributed by atoms with Crippen molar-refractivity contribution in [3.63, 3.8) is 0 Å². The van der Waals surface area contributed by atoms with Crippen LogP contribution in [-0.4, -0.2) is 46.4 Å². The van der Waals surface area contributed by atoms with Gasteiger partial charge in [-0.15, -0.1) is 5.10 Å². The van der Waals surface area contributed by atoms with Crippen molar-refractivity contribution in [2.24, 2.45) is 5.92 Å². The van der Waals surface area contributed by atoms with Gasteiger partial charge in [0, 0.05) is 23.4 Å². The van der Waals surface area contributed by atoms with Crippen LogP contribution in [0.5, 0.6) is 6.08 Å². The molecule has 3 rings (SSSR count). The van der Waals surface area contributed by atoms with Crippen LogP contribution in [0.15, 0.2) is 52.9 Å². The number of alkyl halides is 3. The highest BCUT2D eigenvalue weighted by Gasteiger charge is 2.30. The molecule has 1 heterocycles. The lowest BCUT2D eigenvalue weighted by molar-refractivity contribution is -0.138. The molecule has 0 unspecified atom stereocenters. The first-order valence-electron chi connectivity index (χ1n) is 11.6. The smallest absolute Gasteiger partial charge is 0.416 e. The summed E-state index contributed by atoms with van der Waals surface area (Å²) in [5.74, 6) is -1.14. The third kappa shape index (κ3) is 7.95. The van der Waals surface area contributed by atoms with Gasteiger partial charge in [0.2, 0.25) is 0 Å². The molecule has 0 spiro atoms. The summed E-state index contributed by atoms with van der Waals surface area (Å²) >= 11 is 0. The maximum atomic E-state index is 12.8. The number of nitrogens with zero attached hydrogens (tertiary/aromatic N) is 2. The molecule has 0 aliphatic rings. The largest absolute Gasteiger partial charge is 0.481 e. The number of halogens is 3. The molecule has 0 aliphatic carbocycles. The van der Waals surface area contributed by atoms with E-state index in [0.29, 0.717) is 11.1 Å². The molecular weight excluding hydrogens is 493 g/mol. The van der Waals surface area contributed by atoms with E-state index in [0.717, 1.165) is 24.2 Å². The van der Waals surface area contributed by atoms with Crippen LogP contribution in [0.25, 0.3) is 11.5 Å². The summed E-state index contributed by atoms with van der Waals surface area (Å²) in [6.07, 6.45) is -3.87. The van der Waals surface area contributed by atoms with E-state index >= 15 is 0 Å². The Morgan fingerprint density at radius 1 is 1.08 bits per heavy atom. The fourth-order valence-electron chi connectivity index (χ4n) is 3.30. The second-order valence-electron chi connectivity index (χ2n) is 8.37. The van der Waals surface area contributed by atoms with Crippen molar-refractivity contribution < 1.29 is 37.0 Å². The molecule has 12 heteroatoms. The number of aliphatic carboxylic acids is 1. The van der Waals surface area contributed by atoms with Crippen molar-refractivity contribution in [3.8, 4) is 17.5 Å². The van der Waals surface area contributed by atoms with Crippen LogP contribution in [0, 0.1) is 5.92 Å². The molecule has 0 fully saturated rings. The zero-order chi connectivity index (χ0) is 27.0. The monoisotopic (exact) mass is 520 g/mol. The predicted octanol–water partition coefficient (Wildman–Crippen LogP) is 4.87. The summed E-state index contributed by atoms with van der Waals surface area (Å²) < 4.78 is 49.4. The number of amides is 1. The Bertz CT molecular complexity index is 1180. The van der Waals surface area contributed by atoms with Crippen molar-refractivity contribution in [2.45, 2.75) is 38.9 Å². The van der Waals surface area contributed by atoms with Crippen molar-refractivity contribution in [1.82, 2.24) is 15.5 Å². The maximum Gasteiger partial charge on any atom is 0.416 e. The molecule has 0 radical (unpaired) electrons. The molecular formula is C25H27F3N4O5. The third-order valence-corrected chi connectivity index (χ3v) is 5.71. The Labute approximate surface area is 211 Å². The van der Waals surface area contributed by atoms with Gasteiger partial charge in [-0.1, -0.05) is 25.4 Å². The van der Waals surface area contributed by atoms with E-state index in [1.54, 1.807) is 24.3 Å². The predicted molar refractivity (Wildman–Crippen MR) is 128 cm³/mol. The molecule has 3 N–H and O–H groups in total. The highest BCUT2D eigenvalue weighted by Crippen LogP contribution is 2.31. The fourth-order valence-corrected chi connectivity index (χ4v) is 3.30. The zero-order valence-electron chi connectivity index (χ0n) is 20.2. The topological polar surface area (TPSA) is 127 Å². The van der Waals surface area contributed by atoms with Crippen molar-refractivity contribution >= 4 is 17.6 Å². The van der Waals surface area contributed by atoms with Gasteiger partial charge in [-0.25, -0.2) is 0 Å². The van der Waals surface area contributed by atoms with Gasteiger partial charge < -0.3 is 24.9 Å². The van der Waals surface area contributed by atoms with E-state index in [9.17, 15) is 22.8 Å². The summed E-state index contributed by atoms with van der Waals surface area (Å²) in [7, 11) is 0. The number of hydrogen-bond acceptors (Lipinski definition) is 7. The van der Waals surface area contributed by atoms with Gasteiger partial charge >= 0.3 is 18.2 Å². The molecule has 0 bridgehead atoms. The molecule has 1 aromatic heterocycles. The number of hydrogen-bond donors (Lipinski definition) is 3. The van der Waals surface area contributed by atoms with Crippen LogP contribution in [0.1, 0.15) is 42.6 Å². The van der Waals surface area contributed by atoms with Crippen molar-refractivity contribution in [2.75, 3.05) is 18.5 Å². The Hall–Kier alpha value is -4.09. The summed E-state index contributed by atoms with van der Waals surface area (Å²) in [6.45, 7) is 4.27. The summed E-state index contributed by atoms with van der Waals surface area (Å²) in [5, 5.41) is 22.2. The number of carbonyl (C=O) groups is 2. The van der Waals surface area contributed by atoms with Gasteiger partial charge in [-0.2, -0.15) is 13.2 Å². The standard InChI is InChI=1S/C25H27F3N4O5/c1-3-15(2)20(30-19-10-6-16(7-11-19)22(35)29-13-12-21(33)34)14-36-24-32-31-23(37-24)17-4-8-18(9-5-17)25(26,27)28/h4-11,15,20,30H,3,12-14H2,1-2H3,(H,29,35)(H,33,34)/t15-,20+/m0/s1. The molecule has 2 atom stereocenters. The number of carboxylic acid groups (broad SMARTS) is 1. The number of nitrogens with one attached hydrogen (secondary N) is 2.